The van der Waals surface area contributed by atoms with E-state index in [0.29, 0.717) is 5.69 Å². The molecule has 0 bridgehead atoms. The van der Waals surface area contributed by atoms with Crippen LogP contribution in [0.25, 0.3) is 0 Å². The van der Waals surface area contributed by atoms with Crippen molar-refractivity contribution < 1.29 is 13.2 Å². The Morgan fingerprint density at radius 3 is 2.22 bits per heavy atom. The molecule has 5 nitrogen and oxygen atoms in total. The van der Waals surface area contributed by atoms with Crippen LogP contribution in [0.5, 0.6) is 0 Å². The zero-order valence-electron chi connectivity index (χ0n) is 13.9. The molecule has 23 heavy (non-hydrogen) atoms. The molecule has 1 aromatic carbocycles. The van der Waals surface area contributed by atoms with Crippen LogP contribution >= 0.6 is 0 Å². The molecule has 0 saturated carbocycles. The van der Waals surface area contributed by atoms with Crippen LogP contribution in [0, 0.1) is 6.92 Å². The fraction of sp³-hybridized carbons (Fsp3) is 0.353. The third kappa shape index (κ3) is 2.91. The summed E-state index contributed by atoms with van der Waals surface area (Å²) in [5, 5.41) is 0. The highest BCUT2D eigenvalue weighted by Gasteiger charge is 2.25. The lowest BCUT2D eigenvalue weighted by Crippen LogP contribution is -2.15. The SMILES string of the molecule is CCc1ccc(S(=O)(=O)c2cc(C(N)=O)n(C)c2C)cc1CC. The molecule has 1 heterocycles. The summed E-state index contributed by atoms with van der Waals surface area (Å²) < 4.78 is 27.4. The van der Waals surface area contributed by atoms with Gasteiger partial charge in [0.25, 0.3) is 5.91 Å². The van der Waals surface area contributed by atoms with Gasteiger partial charge < -0.3 is 10.3 Å². The molecule has 0 aliphatic carbocycles. The Kier molecular flexibility index (Phi) is 4.66. The first kappa shape index (κ1) is 17.3. The zero-order valence-corrected chi connectivity index (χ0v) is 14.7. The molecule has 124 valence electrons. The van der Waals surface area contributed by atoms with Gasteiger partial charge in [0.15, 0.2) is 0 Å². The number of hydrogen-bond acceptors (Lipinski definition) is 3. The highest BCUT2D eigenvalue weighted by molar-refractivity contribution is 7.91. The maximum atomic E-state index is 12.9. The largest absolute Gasteiger partial charge is 0.364 e. The van der Waals surface area contributed by atoms with Gasteiger partial charge in [-0.25, -0.2) is 8.42 Å². The van der Waals surface area contributed by atoms with E-state index in [1.807, 2.05) is 19.9 Å². The number of carbonyl (C=O) groups is 1. The molecule has 0 spiro atoms. The predicted molar refractivity (Wildman–Crippen MR) is 89.3 cm³/mol. The van der Waals surface area contributed by atoms with Crippen LogP contribution in [0.3, 0.4) is 0 Å². The van der Waals surface area contributed by atoms with Crippen LogP contribution < -0.4 is 5.73 Å². The number of benzene rings is 1. The Morgan fingerprint density at radius 2 is 1.74 bits per heavy atom. The molecule has 0 saturated heterocycles. The van der Waals surface area contributed by atoms with Crippen molar-refractivity contribution in [2.75, 3.05) is 0 Å². The third-order valence-electron chi connectivity index (χ3n) is 4.28. The van der Waals surface area contributed by atoms with Gasteiger partial charge in [0.2, 0.25) is 9.84 Å². The molecule has 1 amide bonds. The summed E-state index contributed by atoms with van der Waals surface area (Å²) in [5.41, 5.74) is 8.16. The molecule has 1 aromatic heterocycles. The van der Waals surface area contributed by atoms with Crippen LogP contribution in [0.2, 0.25) is 0 Å². The van der Waals surface area contributed by atoms with Crippen molar-refractivity contribution in [2.45, 2.75) is 43.4 Å². The molecular weight excluding hydrogens is 312 g/mol. The smallest absolute Gasteiger partial charge is 0.265 e. The number of primary amides is 1. The number of aryl methyl sites for hydroxylation is 2. The standard InChI is InChI=1S/C17H22N2O3S/c1-5-12-7-8-14(9-13(12)6-2)23(21,22)16-10-15(17(18)20)19(4)11(16)3/h7-10H,5-6H2,1-4H3,(H2,18,20). The van der Waals surface area contributed by atoms with Gasteiger partial charge >= 0.3 is 0 Å². The number of amides is 1. The minimum Gasteiger partial charge on any atom is -0.364 e. The van der Waals surface area contributed by atoms with E-state index in [9.17, 15) is 13.2 Å². The predicted octanol–water partition coefficient (Wildman–Crippen LogP) is 2.39. The first-order chi connectivity index (χ1) is 10.7. The average molecular weight is 334 g/mol. The maximum absolute atomic E-state index is 12.9. The first-order valence-corrected chi connectivity index (χ1v) is 9.05. The number of aromatic nitrogens is 1. The van der Waals surface area contributed by atoms with E-state index in [1.54, 1.807) is 26.1 Å². The van der Waals surface area contributed by atoms with E-state index in [1.165, 1.54) is 10.6 Å². The number of rotatable bonds is 5. The minimum atomic E-state index is -3.69. The molecule has 2 rings (SSSR count). The van der Waals surface area contributed by atoms with E-state index in [0.717, 1.165) is 24.0 Å². The highest BCUT2D eigenvalue weighted by atomic mass is 32.2. The van der Waals surface area contributed by atoms with Gasteiger partial charge in [-0.3, -0.25) is 4.79 Å². The van der Waals surface area contributed by atoms with E-state index in [2.05, 4.69) is 0 Å². The number of sulfone groups is 1. The van der Waals surface area contributed by atoms with Crippen molar-refractivity contribution >= 4 is 15.7 Å². The van der Waals surface area contributed by atoms with E-state index >= 15 is 0 Å². The Bertz CT molecular complexity index is 864. The lowest BCUT2D eigenvalue weighted by atomic mass is 10.0. The molecule has 0 fully saturated rings. The Hall–Kier alpha value is -2.08. The number of nitrogens with zero attached hydrogens (tertiary/aromatic N) is 1. The number of nitrogens with two attached hydrogens (primary N) is 1. The van der Waals surface area contributed by atoms with Gasteiger partial charge in [0.05, 0.1) is 9.79 Å². The van der Waals surface area contributed by atoms with Crippen molar-refractivity contribution in [3.63, 3.8) is 0 Å². The Labute approximate surface area is 137 Å². The fourth-order valence-electron chi connectivity index (χ4n) is 2.75. The third-order valence-corrected chi connectivity index (χ3v) is 6.15. The Balaban J connectivity index is 2.64. The molecule has 0 atom stereocenters. The second kappa shape index (κ2) is 6.20. The quantitative estimate of drug-likeness (QED) is 0.911. The van der Waals surface area contributed by atoms with Crippen molar-refractivity contribution in [1.82, 2.24) is 4.57 Å². The molecule has 2 N–H and O–H groups in total. The van der Waals surface area contributed by atoms with Crippen LogP contribution in [-0.2, 0) is 29.7 Å². The maximum Gasteiger partial charge on any atom is 0.265 e. The average Bonchev–Trinajstić information content (AvgIpc) is 2.83. The summed E-state index contributed by atoms with van der Waals surface area (Å²) in [5.74, 6) is -0.646. The summed E-state index contributed by atoms with van der Waals surface area (Å²) in [6.07, 6.45) is 1.63. The summed E-state index contributed by atoms with van der Waals surface area (Å²) in [7, 11) is -2.06. The summed E-state index contributed by atoms with van der Waals surface area (Å²) >= 11 is 0. The molecule has 0 aliphatic rings. The second-order valence-corrected chi connectivity index (χ2v) is 7.46. The fourth-order valence-corrected chi connectivity index (χ4v) is 4.34. The van der Waals surface area contributed by atoms with Gasteiger partial charge in [-0.05, 0) is 49.1 Å². The molecule has 2 aromatic rings. The van der Waals surface area contributed by atoms with Crippen LogP contribution in [0.4, 0.5) is 0 Å². The van der Waals surface area contributed by atoms with Crippen LogP contribution in [-0.4, -0.2) is 18.9 Å². The lowest BCUT2D eigenvalue weighted by molar-refractivity contribution is 0.0992. The highest BCUT2D eigenvalue weighted by Crippen LogP contribution is 2.28. The van der Waals surface area contributed by atoms with Crippen LogP contribution in [0.1, 0.15) is 41.2 Å². The monoisotopic (exact) mass is 334 g/mol. The molecular formula is C17H22N2O3S. The normalized spacial score (nSPS) is 11.7. The van der Waals surface area contributed by atoms with Gasteiger partial charge in [0.1, 0.15) is 5.69 Å². The van der Waals surface area contributed by atoms with Gasteiger partial charge in [-0.2, -0.15) is 0 Å². The summed E-state index contributed by atoms with van der Waals surface area (Å²) in [6, 6.07) is 6.57. The van der Waals surface area contributed by atoms with Crippen molar-refractivity contribution in [3.8, 4) is 0 Å². The van der Waals surface area contributed by atoms with Crippen molar-refractivity contribution in [2.24, 2.45) is 12.8 Å². The van der Waals surface area contributed by atoms with Gasteiger partial charge in [-0.15, -0.1) is 0 Å². The number of hydrogen-bond donors (Lipinski definition) is 1. The van der Waals surface area contributed by atoms with Gasteiger partial charge in [0, 0.05) is 12.7 Å². The van der Waals surface area contributed by atoms with Crippen LogP contribution in [0.15, 0.2) is 34.1 Å². The van der Waals surface area contributed by atoms with Gasteiger partial charge in [-0.1, -0.05) is 19.9 Å². The molecule has 0 radical (unpaired) electrons. The topological polar surface area (TPSA) is 82.2 Å². The van der Waals surface area contributed by atoms with E-state index < -0.39 is 15.7 Å². The molecule has 0 aliphatic heterocycles. The first-order valence-electron chi connectivity index (χ1n) is 7.57. The van der Waals surface area contributed by atoms with E-state index in [4.69, 9.17) is 5.73 Å². The number of carbonyl (C=O) groups excluding carboxylic acids is 1. The molecule has 0 unspecified atom stereocenters. The Morgan fingerprint density at radius 1 is 1.13 bits per heavy atom. The van der Waals surface area contributed by atoms with Crippen molar-refractivity contribution in [1.29, 1.82) is 0 Å². The lowest BCUT2D eigenvalue weighted by Gasteiger charge is -2.10. The van der Waals surface area contributed by atoms with E-state index in [-0.39, 0.29) is 15.5 Å². The zero-order chi connectivity index (χ0) is 17.4. The summed E-state index contributed by atoms with van der Waals surface area (Å²) in [4.78, 5) is 11.8. The second-order valence-electron chi connectivity index (χ2n) is 5.54. The summed E-state index contributed by atoms with van der Waals surface area (Å²) in [6.45, 7) is 5.72. The van der Waals surface area contributed by atoms with Crippen molar-refractivity contribution in [3.05, 3.63) is 46.8 Å². The minimum absolute atomic E-state index is 0.125. The molecule has 6 heteroatoms.